The van der Waals surface area contributed by atoms with Gasteiger partial charge in [-0.25, -0.2) is 0 Å². The second-order valence-corrected chi connectivity index (χ2v) is 7.70. The van der Waals surface area contributed by atoms with Crippen molar-refractivity contribution in [3.63, 3.8) is 0 Å². The van der Waals surface area contributed by atoms with E-state index >= 15 is 0 Å². The van der Waals surface area contributed by atoms with Crippen molar-refractivity contribution in [1.82, 2.24) is 4.90 Å². The number of likely N-dealkylation sites (tertiary alicyclic amines) is 1. The van der Waals surface area contributed by atoms with Gasteiger partial charge in [0, 0.05) is 25.3 Å². The van der Waals surface area contributed by atoms with Crippen LogP contribution in [0.25, 0.3) is 10.8 Å². The predicted octanol–water partition coefficient (Wildman–Crippen LogP) is 5.19. The lowest BCUT2D eigenvalue weighted by atomic mass is 9.90. The summed E-state index contributed by atoms with van der Waals surface area (Å²) in [4.78, 5) is 4.66. The molecule has 1 atom stereocenters. The Kier molecular flexibility index (Phi) is 5.04. The molecular formula is C24H28N2O. The lowest BCUT2D eigenvalue weighted by Gasteiger charge is -2.36. The minimum absolute atomic E-state index is 0.0765. The fraction of sp³-hybridized carbons (Fsp3) is 0.333. The molecule has 1 aliphatic heterocycles. The van der Waals surface area contributed by atoms with Crippen LogP contribution in [0.1, 0.15) is 36.4 Å². The number of fused-ring (bicyclic) bond motifs is 1. The van der Waals surface area contributed by atoms with E-state index in [1.807, 2.05) is 12.1 Å². The quantitative estimate of drug-likeness (QED) is 0.694. The van der Waals surface area contributed by atoms with E-state index in [1.165, 1.54) is 35.9 Å². The first kappa shape index (κ1) is 17.9. The molecule has 4 rings (SSSR count). The summed E-state index contributed by atoms with van der Waals surface area (Å²) in [6.45, 7) is 2.14. The number of hydrogen-bond acceptors (Lipinski definition) is 3. The molecule has 1 N–H and O–H groups in total. The third-order valence-corrected chi connectivity index (χ3v) is 5.70. The first-order valence-corrected chi connectivity index (χ1v) is 9.87. The van der Waals surface area contributed by atoms with E-state index in [0.29, 0.717) is 5.75 Å². The van der Waals surface area contributed by atoms with Crippen molar-refractivity contribution >= 4 is 16.5 Å². The molecule has 0 aliphatic carbocycles. The molecule has 1 unspecified atom stereocenters. The average molecular weight is 361 g/mol. The van der Waals surface area contributed by atoms with Crippen LogP contribution in [0, 0.1) is 0 Å². The van der Waals surface area contributed by atoms with Gasteiger partial charge in [-0.15, -0.1) is 0 Å². The SMILES string of the molecule is CN(C)c1ccc(C(c2c(O)ccc3ccccc23)N2CCCCC2)cc1. The predicted molar refractivity (Wildman–Crippen MR) is 114 cm³/mol. The molecule has 0 spiro atoms. The number of hydrogen-bond donors (Lipinski definition) is 1. The van der Waals surface area contributed by atoms with E-state index in [0.717, 1.165) is 24.0 Å². The number of phenols is 1. The molecular weight excluding hydrogens is 332 g/mol. The van der Waals surface area contributed by atoms with E-state index in [2.05, 4.69) is 72.4 Å². The van der Waals surface area contributed by atoms with E-state index in [1.54, 1.807) is 0 Å². The molecule has 27 heavy (non-hydrogen) atoms. The monoisotopic (exact) mass is 360 g/mol. The molecule has 1 aliphatic rings. The maximum atomic E-state index is 10.9. The van der Waals surface area contributed by atoms with Crippen LogP contribution in [0.15, 0.2) is 60.7 Å². The third-order valence-electron chi connectivity index (χ3n) is 5.70. The summed E-state index contributed by atoms with van der Waals surface area (Å²) in [5.74, 6) is 0.390. The van der Waals surface area contributed by atoms with Crippen molar-refractivity contribution in [2.45, 2.75) is 25.3 Å². The van der Waals surface area contributed by atoms with Gasteiger partial charge in [0.05, 0.1) is 6.04 Å². The molecule has 0 amide bonds. The maximum absolute atomic E-state index is 10.9. The van der Waals surface area contributed by atoms with Gasteiger partial charge in [-0.3, -0.25) is 4.90 Å². The summed E-state index contributed by atoms with van der Waals surface area (Å²) in [5, 5.41) is 13.2. The van der Waals surface area contributed by atoms with E-state index in [-0.39, 0.29) is 6.04 Å². The molecule has 1 fully saturated rings. The Morgan fingerprint density at radius 1 is 0.852 bits per heavy atom. The first-order chi connectivity index (χ1) is 13.1. The second-order valence-electron chi connectivity index (χ2n) is 7.70. The zero-order valence-corrected chi connectivity index (χ0v) is 16.2. The van der Waals surface area contributed by atoms with Crippen LogP contribution in [0.2, 0.25) is 0 Å². The largest absolute Gasteiger partial charge is 0.508 e. The van der Waals surface area contributed by atoms with Crippen LogP contribution in [0.5, 0.6) is 5.75 Å². The molecule has 3 nitrogen and oxygen atoms in total. The summed E-state index contributed by atoms with van der Waals surface area (Å²) in [7, 11) is 4.13. The van der Waals surface area contributed by atoms with Crippen LogP contribution >= 0.6 is 0 Å². The maximum Gasteiger partial charge on any atom is 0.121 e. The van der Waals surface area contributed by atoms with Crippen LogP contribution in [0.3, 0.4) is 0 Å². The number of aromatic hydroxyl groups is 1. The topological polar surface area (TPSA) is 26.7 Å². The number of nitrogens with zero attached hydrogens (tertiary/aromatic N) is 2. The Morgan fingerprint density at radius 3 is 2.26 bits per heavy atom. The summed E-state index contributed by atoms with van der Waals surface area (Å²) >= 11 is 0. The highest BCUT2D eigenvalue weighted by atomic mass is 16.3. The zero-order chi connectivity index (χ0) is 18.8. The summed E-state index contributed by atoms with van der Waals surface area (Å²) in [6.07, 6.45) is 3.74. The van der Waals surface area contributed by atoms with Crippen molar-refractivity contribution in [2.24, 2.45) is 0 Å². The van der Waals surface area contributed by atoms with Gasteiger partial charge in [0.15, 0.2) is 0 Å². The van der Waals surface area contributed by atoms with Gasteiger partial charge in [-0.05, 0) is 60.5 Å². The average Bonchev–Trinajstić information content (AvgIpc) is 2.71. The van der Waals surface area contributed by atoms with E-state index in [9.17, 15) is 5.11 Å². The Bertz CT molecular complexity index is 911. The number of phenolic OH excluding ortho intramolecular Hbond substituents is 1. The molecule has 3 aromatic rings. The molecule has 3 heteroatoms. The zero-order valence-electron chi connectivity index (χ0n) is 16.2. The fourth-order valence-electron chi connectivity index (χ4n) is 4.26. The van der Waals surface area contributed by atoms with Crippen molar-refractivity contribution in [1.29, 1.82) is 0 Å². The van der Waals surface area contributed by atoms with Crippen molar-refractivity contribution in [3.8, 4) is 5.75 Å². The number of benzene rings is 3. The lowest BCUT2D eigenvalue weighted by Crippen LogP contribution is -2.34. The van der Waals surface area contributed by atoms with Gasteiger partial charge in [0.1, 0.15) is 5.75 Å². The molecule has 140 valence electrons. The fourth-order valence-corrected chi connectivity index (χ4v) is 4.26. The molecule has 1 heterocycles. The van der Waals surface area contributed by atoms with Gasteiger partial charge in [-0.2, -0.15) is 0 Å². The third kappa shape index (κ3) is 3.52. The van der Waals surface area contributed by atoms with Gasteiger partial charge in [-0.1, -0.05) is 48.9 Å². The lowest BCUT2D eigenvalue weighted by molar-refractivity contribution is 0.186. The van der Waals surface area contributed by atoms with Gasteiger partial charge < -0.3 is 10.0 Å². The van der Waals surface area contributed by atoms with Crippen LogP contribution in [0.4, 0.5) is 5.69 Å². The van der Waals surface area contributed by atoms with Gasteiger partial charge >= 0.3 is 0 Å². The summed E-state index contributed by atoms with van der Waals surface area (Å²) in [5.41, 5.74) is 3.47. The number of anilines is 1. The summed E-state index contributed by atoms with van der Waals surface area (Å²) in [6, 6.07) is 21.1. The summed E-state index contributed by atoms with van der Waals surface area (Å²) < 4.78 is 0. The van der Waals surface area contributed by atoms with Crippen molar-refractivity contribution < 1.29 is 5.11 Å². The molecule has 0 aromatic heterocycles. The van der Waals surface area contributed by atoms with Crippen LogP contribution in [-0.4, -0.2) is 37.2 Å². The van der Waals surface area contributed by atoms with Gasteiger partial charge in [0.25, 0.3) is 0 Å². The Labute approximate surface area is 161 Å². The molecule has 1 saturated heterocycles. The number of rotatable bonds is 4. The van der Waals surface area contributed by atoms with Crippen molar-refractivity contribution in [2.75, 3.05) is 32.1 Å². The smallest absolute Gasteiger partial charge is 0.121 e. The normalized spacial score (nSPS) is 16.4. The van der Waals surface area contributed by atoms with E-state index < -0.39 is 0 Å². The molecule has 0 saturated carbocycles. The Hall–Kier alpha value is -2.52. The minimum Gasteiger partial charge on any atom is -0.508 e. The highest BCUT2D eigenvalue weighted by Gasteiger charge is 2.27. The Morgan fingerprint density at radius 2 is 1.56 bits per heavy atom. The minimum atomic E-state index is 0.0765. The van der Waals surface area contributed by atoms with Gasteiger partial charge in [0.2, 0.25) is 0 Å². The second kappa shape index (κ2) is 7.61. The highest BCUT2D eigenvalue weighted by Crippen LogP contribution is 2.40. The molecule has 0 radical (unpaired) electrons. The number of piperidine rings is 1. The van der Waals surface area contributed by atoms with Crippen LogP contribution < -0.4 is 4.90 Å². The molecule has 3 aromatic carbocycles. The van der Waals surface area contributed by atoms with Crippen LogP contribution in [-0.2, 0) is 0 Å². The van der Waals surface area contributed by atoms with Crippen molar-refractivity contribution in [3.05, 3.63) is 71.8 Å². The first-order valence-electron chi connectivity index (χ1n) is 9.87. The standard InChI is InChI=1S/C24H28N2O/c1-25(2)20-13-10-19(11-14-20)24(26-16-6-3-7-17-26)23-21-9-5-4-8-18(21)12-15-22(23)27/h4-5,8-15,24,27H,3,6-7,16-17H2,1-2H3. The van der Waals surface area contributed by atoms with E-state index in [4.69, 9.17) is 0 Å². The Balaban J connectivity index is 1.87. The molecule has 0 bridgehead atoms. The highest BCUT2D eigenvalue weighted by molar-refractivity contribution is 5.88.